The zero-order chi connectivity index (χ0) is 26.2. The third kappa shape index (κ3) is 4.85. The van der Waals surface area contributed by atoms with Crippen LogP contribution in [0.5, 0.6) is 5.88 Å². The molecule has 0 fully saturated rings. The normalized spacial score (nSPS) is 11.5. The summed E-state index contributed by atoms with van der Waals surface area (Å²) in [7, 11) is -3.05. The van der Waals surface area contributed by atoms with Gasteiger partial charge in [-0.1, -0.05) is 35.9 Å². The Bertz CT molecular complexity index is 1740. The van der Waals surface area contributed by atoms with E-state index in [0.717, 1.165) is 45.3 Å². The number of anilines is 1. The smallest absolute Gasteiger partial charge is 0.264 e. The predicted octanol–water partition coefficient (Wildman–Crippen LogP) is 6.36. The quantitative estimate of drug-likeness (QED) is 0.284. The molecule has 0 aliphatic rings. The Morgan fingerprint density at radius 3 is 2.32 bits per heavy atom. The lowest BCUT2D eigenvalue weighted by molar-refractivity contribution is 0.400. The zero-order valence-corrected chi connectivity index (χ0v) is 20.7. The number of methoxy groups -OCH3 is 1. The average molecular weight is 518 g/mol. The number of rotatable bonds is 6. The van der Waals surface area contributed by atoms with Gasteiger partial charge in [-0.05, 0) is 60.0 Å². The molecule has 6 nitrogen and oxygen atoms in total. The van der Waals surface area contributed by atoms with Crippen molar-refractivity contribution in [2.75, 3.05) is 11.8 Å². The second kappa shape index (κ2) is 9.59. The van der Waals surface area contributed by atoms with Gasteiger partial charge in [0.25, 0.3) is 10.0 Å². The molecular formula is C28H21F2N3O3S. The number of aromatic nitrogens is 2. The van der Waals surface area contributed by atoms with Crippen LogP contribution in [0.1, 0.15) is 5.56 Å². The van der Waals surface area contributed by atoms with Crippen molar-refractivity contribution in [3.8, 4) is 28.1 Å². The van der Waals surface area contributed by atoms with Gasteiger partial charge in [0.15, 0.2) is 0 Å². The minimum atomic E-state index is -4.39. The van der Waals surface area contributed by atoms with Gasteiger partial charge in [-0.25, -0.2) is 22.2 Å². The number of nitrogens with zero attached hydrogens (tertiary/aromatic N) is 2. The number of aryl methyl sites for hydroxylation is 1. The molecule has 2 aromatic heterocycles. The number of hydrogen-bond acceptors (Lipinski definition) is 5. The molecule has 2 heterocycles. The van der Waals surface area contributed by atoms with Gasteiger partial charge in [0.1, 0.15) is 22.2 Å². The van der Waals surface area contributed by atoms with Gasteiger partial charge in [0, 0.05) is 29.4 Å². The maximum Gasteiger partial charge on any atom is 0.264 e. The summed E-state index contributed by atoms with van der Waals surface area (Å²) in [6, 6.07) is 19.6. The predicted molar refractivity (Wildman–Crippen MR) is 139 cm³/mol. The standard InChI is InChI=1S/C28H21F2N3O3S/c1-17-3-5-18(6-4-17)22-11-12-31-25-9-7-19(13-23(22)25)20-14-26(28(36-2)32-16-20)33-37(34,35)27-10-8-21(29)15-24(27)30/h3-16,33H,1-2H3. The van der Waals surface area contributed by atoms with Crippen molar-refractivity contribution in [1.29, 1.82) is 0 Å². The van der Waals surface area contributed by atoms with Gasteiger partial charge in [-0.3, -0.25) is 9.71 Å². The lowest BCUT2D eigenvalue weighted by atomic mass is 9.97. The summed E-state index contributed by atoms with van der Waals surface area (Å²) < 4.78 is 60.8. The van der Waals surface area contributed by atoms with Crippen LogP contribution >= 0.6 is 0 Å². The molecule has 0 spiro atoms. The van der Waals surface area contributed by atoms with E-state index < -0.39 is 26.6 Å². The molecule has 0 saturated heterocycles. The average Bonchev–Trinajstić information content (AvgIpc) is 2.88. The Morgan fingerprint density at radius 1 is 0.838 bits per heavy atom. The Hall–Kier alpha value is -4.37. The molecule has 5 rings (SSSR count). The summed E-state index contributed by atoms with van der Waals surface area (Å²) in [5.41, 5.74) is 5.36. The van der Waals surface area contributed by atoms with Crippen molar-refractivity contribution in [1.82, 2.24) is 9.97 Å². The van der Waals surface area contributed by atoms with Gasteiger partial charge in [-0.15, -0.1) is 0 Å². The van der Waals surface area contributed by atoms with E-state index >= 15 is 0 Å². The molecule has 0 amide bonds. The van der Waals surface area contributed by atoms with Crippen LogP contribution in [-0.2, 0) is 10.0 Å². The highest BCUT2D eigenvalue weighted by molar-refractivity contribution is 7.92. The van der Waals surface area contributed by atoms with Gasteiger partial charge >= 0.3 is 0 Å². The largest absolute Gasteiger partial charge is 0.480 e. The van der Waals surface area contributed by atoms with Crippen molar-refractivity contribution in [2.45, 2.75) is 11.8 Å². The summed E-state index contributed by atoms with van der Waals surface area (Å²) in [5.74, 6) is -2.09. The Labute approximate surface area is 212 Å². The lowest BCUT2D eigenvalue weighted by Gasteiger charge is -2.14. The summed E-state index contributed by atoms with van der Waals surface area (Å²) >= 11 is 0. The topological polar surface area (TPSA) is 81.2 Å². The monoisotopic (exact) mass is 517 g/mol. The third-order valence-electron chi connectivity index (χ3n) is 5.91. The highest BCUT2D eigenvalue weighted by atomic mass is 32.2. The van der Waals surface area contributed by atoms with Crippen molar-refractivity contribution in [3.05, 3.63) is 102 Å². The number of fused-ring (bicyclic) bond motifs is 1. The molecular weight excluding hydrogens is 496 g/mol. The van der Waals surface area contributed by atoms with E-state index in [0.29, 0.717) is 11.6 Å². The van der Waals surface area contributed by atoms with Gasteiger partial charge < -0.3 is 4.74 Å². The fourth-order valence-electron chi connectivity index (χ4n) is 4.05. The molecule has 37 heavy (non-hydrogen) atoms. The first kappa shape index (κ1) is 24.3. The van der Waals surface area contributed by atoms with E-state index in [1.807, 2.05) is 55.5 Å². The van der Waals surface area contributed by atoms with Gasteiger partial charge in [0.05, 0.1) is 12.6 Å². The third-order valence-corrected chi connectivity index (χ3v) is 7.31. The van der Waals surface area contributed by atoms with E-state index in [-0.39, 0.29) is 11.6 Å². The van der Waals surface area contributed by atoms with E-state index in [1.54, 1.807) is 18.5 Å². The molecule has 0 saturated carbocycles. The minimum Gasteiger partial charge on any atom is -0.480 e. The molecule has 3 aromatic carbocycles. The Kier molecular flexibility index (Phi) is 6.31. The zero-order valence-electron chi connectivity index (χ0n) is 19.9. The fourth-order valence-corrected chi connectivity index (χ4v) is 5.16. The van der Waals surface area contributed by atoms with E-state index in [9.17, 15) is 17.2 Å². The Morgan fingerprint density at radius 2 is 1.59 bits per heavy atom. The number of sulfonamides is 1. The summed E-state index contributed by atoms with van der Waals surface area (Å²) in [4.78, 5) is 8.02. The van der Waals surface area contributed by atoms with Gasteiger partial charge in [0.2, 0.25) is 5.88 Å². The van der Waals surface area contributed by atoms with Crippen LogP contribution in [0.15, 0.2) is 90.1 Å². The van der Waals surface area contributed by atoms with Crippen molar-refractivity contribution < 1.29 is 21.9 Å². The highest BCUT2D eigenvalue weighted by Gasteiger charge is 2.22. The molecule has 1 N–H and O–H groups in total. The molecule has 5 aromatic rings. The van der Waals surface area contributed by atoms with Crippen LogP contribution in [-0.4, -0.2) is 25.5 Å². The van der Waals surface area contributed by atoms with Crippen LogP contribution in [0.3, 0.4) is 0 Å². The molecule has 0 atom stereocenters. The van der Waals surface area contributed by atoms with Crippen molar-refractivity contribution in [2.24, 2.45) is 0 Å². The van der Waals surface area contributed by atoms with Crippen LogP contribution < -0.4 is 9.46 Å². The van der Waals surface area contributed by atoms with Crippen molar-refractivity contribution >= 4 is 26.6 Å². The first-order valence-electron chi connectivity index (χ1n) is 11.2. The molecule has 0 bridgehead atoms. The molecule has 9 heteroatoms. The van der Waals surface area contributed by atoms with E-state index in [2.05, 4.69) is 14.7 Å². The summed E-state index contributed by atoms with van der Waals surface area (Å²) in [6.45, 7) is 2.03. The number of halogens is 2. The maximum absolute atomic E-state index is 14.2. The lowest BCUT2D eigenvalue weighted by Crippen LogP contribution is -2.15. The van der Waals surface area contributed by atoms with Crippen LogP contribution in [0, 0.1) is 18.6 Å². The van der Waals surface area contributed by atoms with Crippen molar-refractivity contribution in [3.63, 3.8) is 0 Å². The van der Waals surface area contributed by atoms with E-state index in [4.69, 9.17) is 4.74 Å². The molecule has 0 radical (unpaired) electrons. The second-order valence-electron chi connectivity index (χ2n) is 8.42. The Balaban J connectivity index is 1.58. The first-order valence-corrected chi connectivity index (χ1v) is 12.7. The second-order valence-corrected chi connectivity index (χ2v) is 10.1. The molecule has 0 unspecified atom stereocenters. The molecule has 0 aliphatic heterocycles. The van der Waals surface area contributed by atoms with Crippen LogP contribution in [0.4, 0.5) is 14.5 Å². The highest BCUT2D eigenvalue weighted by Crippen LogP contribution is 2.34. The summed E-state index contributed by atoms with van der Waals surface area (Å²) in [5, 5.41) is 0.912. The van der Waals surface area contributed by atoms with Crippen LogP contribution in [0.2, 0.25) is 0 Å². The number of nitrogens with one attached hydrogen (secondary N) is 1. The number of hydrogen-bond donors (Lipinski definition) is 1. The SMILES string of the molecule is COc1ncc(-c2ccc3nccc(-c4ccc(C)cc4)c3c2)cc1NS(=O)(=O)c1ccc(F)cc1F. The number of pyridine rings is 2. The molecule has 0 aliphatic carbocycles. The van der Waals surface area contributed by atoms with Gasteiger partial charge in [-0.2, -0.15) is 0 Å². The van der Waals surface area contributed by atoms with Crippen LogP contribution in [0.25, 0.3) is 33.2 Å². The molecule has 186 valence electrons. The first-order chi connectivity index (χ1) is 17.7. The number of benzene rings is 3. The maximum atomic E-state index is 14.2. The number of ether oxygens (including phenoxy) is 1. The summed E-state index contributed by atoms with van der Waals surface area (Å²) in [6.07, 6.45) is 3.31. The van der Waals surface area contributed by atoms with E-state index in [1.165, 1.54) is 7.11 Å². The minimum absolute atomic E-state index is 0.00218. The fraction of sp³-hybridized carbons (Fsp3) is 0.0714.